The number of aliphatic hydroxyl groups excluding tert-OH is 2. The molecule has 1 aliphatic heterocycles. The Morgan fingerprint density at radius 2 is 2.39 bits per heavy atom. The molecule has 0 spiro atoms. The SMILES string of the molecule is [2H]c1cn([C@@H]2O[C@H](C([2H])O)[C@@H](O)[C@@]2(C)O)c(=O)[nH]c1=O. The van der Waals surface area contributed by atoms with Gasteiger partial charge in [0.2, 0.25) is 0 Å². The van der Waals surface area contributed by atoms with Crippen molar-refractivity contribution in [2.24, 2.45) is 0 Å². The first-order valence-electron chi connectivity index (χ1n) is 6.22. The van der Waals surface area contributed by atoms with Crippen molar-refractivity contribution < 1.29 is 22.8 Å². The second-order valence-corrected chi connectivity index (χ2v) is 4.21. The predicted molar refractivity (Wildman–Crippen MR) is 58.9 cm³/mol. The summed E-state index contributed by atoms with van der Waals surface area (Å²) in [5.74, 6) is 0. The Bertz CT molecular complexity index is 625. The van der Waals surface area contributed by atoms with E-state index in [0.717, 1.165) is 17.7 Å². The van der Waals surface area contributed by atoms with E-state index in [9.17, 15) is 24.9 Å². The van der Waals surface area contributed by atoms with E-state index >= 15 is 0 Å². The Hall–Kier alpha value is -1.48. The number of aliphatic hydroxyl groups is 3. The molecule has 100 valence electrons. The topological polar surface area (TPSA) is 125 Å². The van der Waals surface area contributed by atoms with E-state index < -0.39 is 47.9 Å². The highest BCUT2D eigenvalue weighted by atomic mass is 16.6. The molecule has 0 saturated carbocycles. The summed E-state index contributed by atoms with van der Waals surface area (Å²) in [6, 6.07) is -0.534. The van der Waals surface area contributed by atoms with Crippen LogP contribution in [0.25, 0.3) is 0 Å². The maximum Gasteiger partial charge on any atom is 0.330 e. The summed E-state index contributed by atoms with van der Waals surface area (Å²) in [5.41, 5.74) is -3.83. The fraction of sp³-hybridized carbons (Fsp3) is 0.600. The zero-order valence-corrected chi connectivity index (χ0v) is 9.40. The minimum atomic E-state index is -1.98. The van der Waals surface area contributed by atoms with Crippen LogP contribution in [-0.4, -0.2) is 49.3 Å². The van der Waals surface area contributed by atoms with Crippen LogP contribution in [0.2, 0.25) is 0 Å². The molecule has 0 amide bonds. The minimum Gasteiger partial charge on any atom is -0.394 e. The molecule has 8 nitrogen and oxygen atoms in total. The Morgan fingerprint density at radius 1 is 1.72 bits per heavy atom. The van der Waals surface area contributed by atoms with E-state index in [0.29, 0.717) is 0 Å². The van der Waals surface area contributed by atoms with Crippen LogP contribution in [0.1, 0.15) is 15.9 Å². The number of hydrogen-bond donors (Lipinski definition) is 4. The van der Waals surface area contributed by atoms with Crippen LogP contribution in [0.5, 0.6) is 0 Å². The van der Waals surface area contributed by atoms with Crippen molar-refractivity contribution in [3.63, 3.8) is 0 Å². The zero-order chi connectivity index (χ0) is 15.2. The number of H-pyrrole nitrogens is 1. The molecule has 8 heteroatoms. The summed E-state index contributed by atoms with van der Waals surface area (Å²) in [5, 5.41) is 29.2. The second kappa shape index (κ2) is 4.32. The van der Waals surface area contributed by atoms with E-state index in [4.69, 9.17) is 7.48 Å². The molecule has 1 unspecified atom stereocenters. The van der Waals surface area contributed by atoms with Gasteiger partial charge in [0.05, 0.1) is 9.32 Å². The van der Waals surface area contributed by atoms with E-state index in [2.05, 4.69) is 0 Å². The van der Waals surface area contributed by atoms with E-state index in [1.165, 1.54) is 0 Å². The molecule has 1 aliphatic rings. The molecular formula is C10H14N2O6. The highest BCUT2D eigenvalue weighted by molar-refractivity contribution is 5.00. The number of rotatable bonds is 2. The van der Waals surface area contributed by atoms with Gasteiger partial charge >= 0.3 is 5.69 Å². The first kappa shape index (κ1) is 10.4. The summed E-state index contributed by atoms with van der Waals surface area (Å²) >= 11 is 0. The molecule has 2 heterocycles. The van der Waals surface area contributed by atoms with Crippen LogP contribution in [0.15, 0.2) is 21.8 Å². The summed E-state index contributed by atoms with van der Waals surface area (Å²) in [7, 11) is 0. The van der Waals surface area contributed by atoms with Crippen molar-refractivity contribution in [3.8, 4) is 0 Å². The molecule has 1 saturated heterocycles. The number of hydrogen-bond acceptors (Lipinski definition) is 6. The highest BCUT2D eigenvalue weighted by Gasteiger charge is 2.53. The lowest BCUT2D eigenvalue weighted by Crippen LogP contribution is -2.46. The van der Waals surface area contributed by atoms with Crippen LogP contribution < -0.4 is 11.2 Å². The molecule has 1 aromatic heterocycles. The second-order valence-electron chi connectivity index (χ2n) is 4.21. The first-order chi connectivity index (χ1) is 9.16. The van der Waals surface area contributed by atoms with Crippen LogP contribution in [0.3, 0.4) is 0 Å². The molecule has 0 aromatic carbocycles. The molecule has 0 bridgehead atoms. The molecule has 0 aliphatic carbocycles. The van der Waals surface area contributed by atoms with Gasteiger partial charge in [-0.1, -0.05) is 0 Å². The summed E-state index contributed by atoms with van der Waals surface area (Å²) in [6.07, 6.45) is -3.64. The van der Waals surface area contributed by atoms with E-state index in [1.54, 1.807) is 0 Å². The average molecular weight is 260 g/mol. The van der Waals surface area contributed by atoms with Crippen LogP contribution in [0.4, 0.5) is 0 Å². The third kappa shape index (κ3) is 1.89. The summed E-state index contributed by atoms with van der Waals surface area (Å²) < 4.78 is 20.4. The monoisotopic (exact) mass is 260 g/mol. The van der Waals surface area contributed by atoms with Crippen molar-refractivity contribution in [2.45, 2.75) is 31.0 Å². The van der Waals surface area contributed by atoms with Crippen molar-refractivity contribution >= 4 is 0 Å². The lowest BCUT2D eigenvalue weighted by molar-refractivity contribution is -0.0987. The fourth-order valence-electron chi connectivity index (χ4n) is 1.86. The Labute approximate surface area is 104 Å². The summed E-state index contributed by atoms with van der Waals surface area (Å²) in [6.45, 7) is -0.665. The molecule has 1 aromatic rings. The average Bonchev–Trinajstić information content (AvgIpc) is 2.56. The third-order valence-corrected chi connectivity index (χ3v) is 2.89. The molecular weight excluding hydrogens is 244 g/mol. The zero-order valence-electron chi connectivity index (χ0n) is 11.4. The maximum absolute atomic E-state index is 11.7. The van der Waals surface area contributed by atoms with Gasteiger partial charge < -0.3 is 20.1 Å². The molecule has 18 heavy (non-hydrogen) atoms. The minimum absolute atomic E-state index is 0.534. The normalized spacial score (nSPS) is 39.2. The van der Waals surface area contributed by atoms with Gasteiger partial charge in [-0.05, 0) is 6.92 Å². The third-order valence-electron chi connectivity index (χ3n) is 2.89. The highest BCUT2D eigenvalue weighted by Crippen LogP contribution is 2.36. The number of ether oxygens (including phenoxy) is 1. The van der Waals surface area contributed by atoms with Crippen molar-refractivity contribution in [1.82, 2.24) is 9.55 Å². The predicted octanol–water partition coefficient (Wildman–Crippen LogP) is -2.46. The Balaban J connectivity index is 2.51. The smallest absolute Gasteiger partial charge is 0.330 e. The van der Waals surface area contributed by atoms with Crippen molar-refractivity contribution in [2.75, 3.05) is 6.58 Å². The fourth-order valence-corrected chi connectivity index (χ4v) is 1.86. The van der Waals surface area contributed by atoms with Crippen LogP contribution in [0, 0.1) is 0 Å². The van der Waals surface area contributed by atoms with Gasteiger partial charge in [-0.2, -0.15) is 0 Å². The quantitative estimate of drug-likeness (QED) is 0.467. The van der Waals surface area contributed by atoms with Gasteiger partial charge in [0.25, 0.3) is 5.56 Å². The van der Waals surface area contributed by atoms with Crippen molar-refractivity contribution in [3.05, 3.63) is 33.1 Å². The van der Waals surface area contributed by atoms with Gasteiger partial charge in [-0.25, -0.2) is 4.79 Å². The number of nitrogens with zero attached hydrogens (tertiary/aromatic N) is 1. The van der Waals surface area contributed by atoms with Gasteiger partial charge in [0, 0.05) is 12.2 Å². The molecule has 1 fully saturated rings. The lowest BCUT2D eigenvalue weighted by atomic mass is 9.96. The Morgan fingerprint density at radius 3 is 2.94 bits per heavy atom. The first-order valence-corrected chi connectivity index (χ1v) is 5.14. The molecule has 2 rings (SSSR count). The largest absolute Gasteiger partial charge is 0.394 e. The lowest BCUT2D eigenvalue weighted by Gasteiger charge is -2.27. The standard InChI is InChI=1S/C10H14N2O6/c1-10(17)7(15)5(4-13)18-8(10)12-3-2-6(14)11-9(12)16/h2-3,5,7-8,13,15,17H,4H2,1H3,(H,11,14,16)/t5-,7-,8-,10-/m1/s1/i2D,4D/t4?,5-,7-,8-,10-. The number of aromatic amines is 1. The number of aromatic nitrogens is 2. The van der Waals surface area contributed by atoms with Crippen molar-refractivity contribution in [1.29, 1.82) is 0 Å². The van der Waals surface area contributed by atoms with E-state index in [1.807, 2.05) is 4.98 Å². The van der Waals surface area contributed by atoms with Gasteiger partial charge in [0.1, 0.15) is 17.8 Å². The summed E-state index contributed by atoms with van der Waals surface area (Å²) in [4.78, 5) is 24.7. The maximum atomic E-state index is 11.7. The van der Waals surface area contributed by atoms with Crippen LogP contribution >= 0.6 is 0 Å². The van der Waals surface area contributed by atoms with Gasteiger partial charge in [-0.3, -0.25) is 14.3 Å². The van der Waals surface area contributed by atoms with Gasteiger partial charge in [0.15, 0.2) is 6.23 Å². The Kier molecular flexibility index (Phi) is 2.51. The molecule has 4 N–H and O–H groups in total. The van der Waals surface area contributed by atoms with Crippen LogP contribution in [-0.2, 0) is 4.74 Å². The number of nitrogens with one attached hydrogen (secondary N) is 1. The molecule has 5 atom stereocenters. The van der Waals surface area contributed by atoms with Gasteiger partial charge in [-0.15, -0.1) is 0 Å². The van der Waals surface area contributed by atoms with E-state index in [-0.39, 0.29) is 0 Å². The molecule has 0 radical (unpaired) electrons.